The highest BCUT2D eigenvalue weighted by atomic mass is 32.2. The Morgan fingerprint density at radius 1 is 1.33 bits per heavy atom. The summed E-state index contributed by atoms with van der Waals surface area (Å²) in [6.07, 6.45) is 2.78. The van der Waals surface area contributed by atoms with E-state index in [1.165, 1.54) is 22.7 Å². The first kappa shape index (κ1) is 15.9. The van der Waals surface area contributed by atoms with E-state index in [0.717, 1.165) is 0 Å². The zero-order chi connectivity index (χ0) is 15.5. The number of piperidine rings is 1. The summed E-state index contributed by atoms with van der Waals surface area (Å²) < 4.78 is 26.6. The molecule has 1 aliphatic heterocycles. The minimum atomic E-state index is -3.36. The summed E-state index contributed by atoms with van der Waals surface area (Å²) in [6, 6.07) is 5.14. The summed E-state index contributed by atoms with van der Waals surface area (Å²) in [5.74, 6) is -0.218. The number of hydrogen-bond donors (Lipinski definition) is 1. The van der Waals surface area contributed by atoms with Gasteiger partial charge >= 0.3 is 0 Å². The number of carbonyl (C=O) groups is 1. The van der Waals surface area contributed by atoms with Crippen molar-refractivity contribution in [3.63, 3.8) is 0 Å². The number of rotatable bonds is 4. The predicted molar refractivity (Wildman–Crippen MR) is 78.9 cm³/mol. The van der Waals surface area contributed by atoms with Crippen LogP contribution in [0.5, 0.6) is 0 Å². The fourth-order valence-corrected chi connectivity index (χ4v) is 3.35. The maximum atomic E-state index is 12.0. The van der Waals surface area contributed by atoms with Gasteiger partial charge in [0, 0.05) is 39.4 Å². The second kappa shape index (κ2) is 6.50. The molecule has 1 N–H and O–H groups in total. The third-order valence-electron chi connectivity index (χ3n) is 3.47. The van der Waals surface area contributed by atoms with E-state index in [1.54, 1.807) is 24.4 Å². The summed E-state index contributed by atoms with van der Waals surface area (Å²) in [4.78, 5) is 16.0. The molecule has 0 unspecified atom stereocenters. The van der Waals surface area contributed by atoms with Crippen LogP contribution >= 0.6 is 0 Å². The largest absolute Gasteiger partial charge is 0.348 e. The highest BCUT2D eigenvalue weighted by Crippen LogP contribution is 2.15. The molecule has 0 atom stereocenters. The Morgan fingerprint density at radius 3 is 2.52 bits per heavy atom. The lowest BCUT2D eigenvalue weighted by Gasteiger charge is -2.32. The standard InChI is InChI=1S/C13H20N4O3S/c1-16(2)21(19,20)17-9-6-11(7-10-17)15-13(18)12-5-3-4-8-14-12/h3-5,8,11H,6-7,9-10H2,1-2H3,(H,15,18). The quantitative estimate of drug-likeness (QED) is 0.854. The van der Waals surface area contributed by atoms with Crippen molar-refractivity contribution in [1.29, 1.82) is 0 Å². The van der Waals surface area contributed by atoms with E-state index >= 15 is 0 Å². The van der Waals surface area contributed by atoms with Crippen molar-refractivity contribution >= 4 is 16.1 Å². The minimum absolute atomic E-state index is 0.0203. The predicted octanol–water partition coefficient (Wildman–Crippen LogP) is 0.0822. The van der Waals surface area contributed by atoms with Crippen LogP contribution in [-0.4, -0.2) is 61.1 Å². The van der Waals surface area contributed by atoms with Crippen LogP contribution in [0.25, 0.3) is 0 Å². The van der Waals surface area contributed by atoms with Gasteiger partial charge in [-0.3, -0.25) is 9.78 Å². The van der Waals surface area contributed by atoms with Crippen molar-refractivity contribution in [2.24, 2.45) is 0 Å². The van der Waals surface area contributed by atoms with Crippen LogP contribution < -0.4 is 5.32 Å². The summed E-state index contributed by atoms with van der Waals surface area (Å²) in [7, 11) is -0.326. The number of nitrogens with one attached hydrogen (secondary N) is 1. The Hall–Kier alpha value is -1.51. The number of hydrogen-bond acceptors (Lipinski definition) is 4. The molecular weight excluding hydrogens is 292 g/mol. The van der Waals surface area contributed by atoms with E-state index in [1.807, 2.05) is 0 Å². The van der Waals surface area contributed by atoms with E-state index < -0.39 is 10.2 Å². The van der Waals surface area contributed by atoms with Crippen LogP contribution in [0.3, 0.4) is 0 Å². The molecule has 116 valence electrons. The first-order valence-electron chi connectivity index (χ1n) is 6.81. The molecule has 0 radical (unpaired) electrons. The molecule has 1 aliphatic rings. The molecule has 1 aromatic heterocycles. The summed E-state index contributed by atoms with van der Waals surface area (Å²) >= 11 is 0. The first-order chi connectivity index (χ1) is 9.91. The van der Waals surface area contributed by atoms with Crippen LogP contribution in [0.4, 0.5) is 0 Å². The van der Waals surface area contributed by atoms with Gasteiger partial charge in [-0.1, -0.05) is 6.07 Å². The normalized spacial score (nSPS) is 17.9. The van der Waals surface area contributed by atoms with Crippen LogP contribution in [0.2, 0.25) is 0 Å². The summed E-state index contributed by atoms with van der Waals surface area (Å²) in [5.41, 5.74) is 0.376. The Labute approximate surface area is 125 Å². The first-order valence-corrected chi connectivity index (χ1v) is 8.20. The Bertz CT molecular complexity index is 581. The van der Waals surface area contributed by atoms with Gasteiger partial charge in [-0.15, -0.1) is 0 Å². The molecule has 1 saturated heterocycles. The Kier molecular flexibility index (Phi) is 4.92. The molecule has 1 aromatic rings. The van der Waals surface area contributed by atoms with Crippen molar-refractivity contribution < 1.29 is 13.2 Å². The number of pyridine rings is 1. The maximum absolute atomic E-state index is 12.0. The second-order valence-electron chi connectivity index (χ2n) is 5.15. The fraction of sp³-hybridized carbons (Fsp3) is 0.538. The molecular formula is C13H20N4O3S. The van der Waals surface area contributed by atoms with E-state index in [2.05, 4.69) is 10.3 Å². The van der Waals surface area contributed by atoms with Crippen molar-refractivity contribution in [1.82, 2.24) is 18.9 Å². The van der Waals surface area contributed by atoms with Crippen LogP contribution in [-0.2, 0) is 10.2 Å². The molecule has 1 fully saturated rings. The third-order valence-corrected chi connectivity index (χ3v) is 5.42. The lowest BCUT2D eigenvalue weighted by molar-refractivity contribution is 0.0918. The molecule has 2 rings (SSSR count). The molecule has 0 aliphatic carbocycles. The average Bonchev–Trinajstić information content (AvgIpc) is 2.48. The topological polar surface area (TPSA) is 82.6 Å². The van der Waals surface area contributed by atoms with Crippen molar-refractivity contribution in [2.45, 2.75) is 18.9 Å². The van der Waals surface area contributed by atoms with Crippen molar-refractivity contribution in [3.8, 4) is 0 Å². The van der Waals surface area contributed by atoms with Gasteiger partial charge in [0.15, 0.2) is 0 Å². The zero-order valence-electron chi connectivity index (χ0n) is 12.2. The number of aromatic nitrogens is 1. The van der Waals surface area contributed by atoms with Crippen LogP contribution in [0, 0.1) is 0 Å². The fourth-order valence-electron chi connectivity index (χ4n) is 2.22. The van der Waals surface area contributed by atoms with Gasteiger partial charge in [-0.25, -0.2) is 0 Å². The SMILES string of the molecule is CN(C)S(=O)(=O)N1CCC(NC(=O)c2ccccn2)CC1. The highest BCUT2D eigenvalue weighted by Gasteiger charge is 2.30. The van der Waals surface area contributed by atoms with E-state index in [9.17, 15) is 13.2 Å². The van der Waals surface area contributed by atoms with Gasteiger partial charge in [0.25, 0.3) is 16.1 Å². The van der Waals surface area contributed by atoms with Gasteiger partial charge in [0.2, 0.25) is 0 Å². The lowest BCUT2D eigenvalue weighted by atomic mass is 10.1. The molecule has 2 heterocycles. The Balaban J connectivity index is 1.89. The van der Waals surface area contributed by atoms with Gasteiger partial charge in [0.1, 0.15) is 5.69 Å². The number of nitrogens with zero attached hydrogens (tertiary/aromatic N) is 3. The van der Waals surface area contributed by atoms with Gasteiger partial charge in [0.05, 0.1) is 0 Å². The average molecular weight is 312 g/mol. The number of amides is 1. The Morgan fingerprint density at radius 2 is 2.00 bits per heavy atom. The van der Waals surface area contributed by atoms with Gasteiger partial charge < -0.3 is 5.32 Å². The molecule has 21 heavy (non-hydrogen) atoms. The number of carbonyl (C=O) groups excluding carboxylic acids is 1. The molecule has 0 aromatic carbocycles. The molecule has 7 nitrogen and oxygen atoms in total. The van der Waals surface area contributed by atoms with E-state index in [0.29, 0.717) is 31.6 Å². The summed E-state index contributed by atoms with van der Waals surface area (Å²) in [5, 5.41) is 2.90. The second-order valence-corrected chi connectivity index (χ2v) is 7.29. The molecule has 0 spiro atoms. The lowest BCUT2D eigenvalue weighted by Crippen LogP contribution is -2.49. The van der Waals surface area contributed by atoms with Gasteiger partial charge in [-0.2, -0.15) is 17.0 Å². The smallest absolute Gasteiger partial charge is 0.281 e. The summed E-state index contributed by atoms with van der Waals surface area (Å²) in [6.45, 7) is 0.821. The third kappa shape index (κ3) is 3.78. The van der Waals surface area contributed by atoms with E-state index in [-0.39, 0.29) is 11.9 Å². The monoisotopic (exact) mass is 312 g/mol. The van der Waals surface area contributed by atoms with Gasteiger partial charge in [-0.05, 0) is 25.0 Å². The van der Waals surface area contributed by atoms with Crippen molar-refractivity contribution in [2.75, 3.05) is 27.2 Å². The maximum Gasteiger partial charge on any atom is 0.281 e. The van der Waals surface area contributed by atoms with Crippen LogP contribution in [0.1, 0.15) is 23.3 Å². The molecule has 1 amide bonds. The van der Waals surface area contributed by atoms with E-state index in [4.69, 9.17) is 0 Å². The minimum Gasteiger partial charge on any atom is -0.348 e. The molecule has 0 saturated carbocycles. The molecule has 0 bridgehead atoms. The highest BCUT2D eigenvalue weighted by molar-refractivity contribution is 7.86. The zero-order valence-corrected chi connectivity index (χ0v) is 13.0. The molecule has 8 heteroatoms. The van der Waals surface area contributed by atoms with Crippen molar-refractivity contribution in [3.05, 3.63) is 30.1 Å². The van der Waals surface area contributed by atoms with Crippen LogP contribution in [0.15, 0.2) is 24.4 Å².